The Labute approximate surface area is 84.7 Å². The third kappa shape index (κ3) is 2.75. The Balaban J connectivity index is 2.71. The highest BCUT2D eigenvalue weighted by atomic mass is 16.5. The van der Waals surface area contributed by atoms with Crippen molar-refractivity contribution in [1.29, 1.82) is 0 Å². The first-order valence-corrected chi connectivity index (χ1v) is 4.83. The Hall–Kier alpha value is -1.00. The van der Waals surface area contributed by atoms with Gasteiger partial charge in [-0.25, -0.2) is 9.97 Å². The van der Waals surface area contributed by atoms with Crippen LogP contribution in [0.15, 0.2) is 18.7 Å². The normalized spacial score (nSPS) is 15.1. The number of rotatable bonds is 5. The Morgan fingerprint density at radius 2 is 2.07 bits per heavy atom. The highest BCUT2D eigenvalue weighted by Gasteiger charge is 2.17. The highest BCUT2D eigenvalue weighted by Crippen LogP contribution is 2.16. The SMILES string of the molecule is CCOC(C)C(NC)c1cncnc1. The fourth-order valence-corrected chi connectivity index (χ4v) is 1.50. The van der Waals surface area contributed by atoms with Crippen LogP contribution in [-0.2, 0) is 4.74 Å². The zero-order chi connectivity index (χ0) is 10.4. The Morgan fingerprint density at radius 3 is 2.57 bits per heavy atom. The van der Waals surface area contributed by atoms with Crippen LogP contribution in [0.2, 0.25) is 0 Å². The van der Waals surface area contributed by atoms with Gasteiger partial charge in [0.25, 0.3) is 0 Å². The molecular weight excluding hydrogens is 178 g/mol. The quantitative estimate of drug-likeness (QED) is 0.766. The maximum atomic E-state index is 5.53. The summed E-state index contributed by atoms with van der Waals surface area (Å²) in [4.78, 5) is 7.98. The summed E-state index contributed by atoms with van der Waals surface area (Å²) in [5, 5.41) is 3.20. The molecule has 1 rings (SSSR count). The molecule has 0 aliphatic carbocycles. The van der Waals surface area contributed by atoms with Gasteiger partial charge in [-0.1, -0.05) is 0 Å². The van der Waals surface area contributed by atoms with E-state index in [1.54, 1.807) is 0 Å². The van der Waals surface area contributed by atoms with Crippen molar-refractivity contribution in [3.05, 3.63) is 24.3 Å². The summed E-state index contributed by atoms with van der Waals surface area (Å²) in [7, 11) is 1.91. The number of aromatic nitrogens is 2. The van der Waals surface area contributed by atoms with Gasteiger partial charge in [-0.05, 0) is 20.9 Å². The van der Waals surface area contributed by atoms with Crippen LogP contribution in [0.5, 0.6) is 0 Å². The van der Waals surface area contributed by atoms with Crippen LogP contribution in [0.4, 0.5) is 0 Å². The summed E-state index contributed by atoms with van der Waals surface area (Å²) in [6.07, 6.45) is 5.27. The molecular formula is C10H17N3O. The van der Waals surface area contributed by atoms with Gasteiger partial charge in [-0.3, -0.25) is 0 Å². The van der Waals surface area contributed by atoms with Crippen molar-refractivity contribution in [1.82, 2.24) is 15.3 Å². The molecule has 1 aromatic rings. The average Bonchev–Trinajstić information content (AvgIpc) is 2.21. The van der Waals surface area contributed by atoms with E-state index < -0.39 is 0 Å². The maximum Gasteiger partial charge on any atom is 0.115 e. The fraction of sp³-hybridized carbons (Fsp3) is 0.600. The van der Waals surface area contributed by atoms with Crippen LogP contribution in [0, 0.1) is 0 Å². The lowest BCUT2D eigenvalue weighted by Gasteiger charge is -2.22. The second-order valence-corrected chi connectivity index (χ2v) is 3.10. The van der Waals surface area contributed by atoms with Crippen molar-refractivity contribution in [2.75, 3.05) is 13.7 Å². The van der Waals surface area contributed by atoms with Gasteiger partial charge in [-0.15, -0.1) is 0 Å². The zero-order valence-corrected chi connectivity index (χ0v) is 8.90. The number of hydrogen-bond donors (Lipinski definition) is 1. The van der Waals surface area contributed by atoms with Gasteiger partial charge in [0.2, 0.25) is 0 Å². The van der Waals surface area contributed by atoms with Gasteiger partial charge in [0.15, 0.2) is 0 Å². The van der Waals surface area contributed by atoms with Crippen LogP contribution >= 0.6 is 0 Å². The van der Waals surface area contributed by atoms with Gasteiger partial charge in [0, 0.05) is 24.6 Å². The molecule has 0 aromatic carbocycles. The van der Waals surface area contributed by atoms with Crippen molar-refractivity contribution in [2.45, 2.75) is 26.0 Å². The summed E-state index contributed by atoms with van der Waals surface area (Å²) >= 11 is 0. The molecule has 0 radical (unpaired) electrons. The summed E-state index contributed by atoms with van der Waals surface area (Å²) < 4.78 is 5.53. The first kappa shape index (κ1) is 11.1. The number of ether oxygens (including phenoxy) is 1. The summed E-state index contributed by atoms with van der Waals surface area (Å²) in [5.41, 5.74) is 1.05. The predicted molar refractivity (Wildman–Crippen MR) is 54.9 cm³/mol. The molecule has 0 fully saturated rings. The van der Waals surface area contributed by atoms with E-state index in [1.807, 2.05) is 33.3 Å². The van der Waals surface area contributed by atoms with Crippen molar-refractivity contribution in [3.63, 3.8) is 0 Å². The van der Waals surface area contributed by atoms with Crippen molar-refractivity contribution in [2.24, 2.45) is 0 Å². The van der Waals surface area contributed by atoms with E-state index in [9.17, 15) is 0 Å². The molecule has 1 N–H and O–H groups in total. The third-order valence-electron chi connectivity index (χ3n) is 2.15. The zero-order valence-electron chi connectivity index (χ0n) is 8.90. The lowest BCUT2D eigenvalue weighted by Crippen LogP contribution is -2.29. The van der Waals surface area contributed by atoms with E-state index >= 15 is 0 Å². The Bertz CT molecular complexity index is 253. The molecule has 78 valence electrons. The highest BCUT2D eigenvalue weighted by molar-refractivity contribution is 5.10. The molecule has 0 aliphatic rings. The maximum absolute atomic E-state index is 5.53. The van der Waals surface area contributed by atoms with E-state index in [-0.39, 0.29) is 12.1 Å². The largest absolute Gasteiger partial charge is 0.377 e. The standard InChI is InChI=1S/C10H17N3O/c1-4-14-8(2)10(11-3)9-5-12-7-13-6-9/h5-8,10-11H,4H2,1-3H3. The van der Waals surface area contributed by atoms with Crippen LogP contribution in [0.1, 0.15) is 25.5 Å². The lowest BCUT2D eigenvalue weighted by molar-refractivity contribution is 0.0491. The van der Waals surface area contributed by atoms with Gasteiger partial charge >= 0.3 is 0 Å². The van der Waals surface area contributed by atoms with Gasteiger partial charge in [0.1, 0.15) is 6.33 Å². The smallest absolute Gasteiger partial charge is 0.115 e. The van der Waals surface area contributed by atoms with Gasteiger partial charge < -0.3 is 10.1 Å². The van der Waals surface area contributed by atoms with Crippen molar-refractivity contribution < 1.29 is 4.74 Å². The molecule has 0 saturated heterocycles. The molecule has 0 spiro atoms. The van der Waals surface area contributed by atoms with E-state index in [4.69, 9.17) is 4.74 Å². The molecule has 2 atom stereocenters. The average molecular weight is 195 g/mol. The Morgan fingerprint density at radius 1 is 1.43 bits per heavy atom. The van der Waals surface area contributed by atoms with Crippen LogP contribution < -0.4 is 5.32 Å². The topological polar surface area (TPSA) is 47.0 Å². The molecule has 1 aromatic heterocycles. The van der Waals surface area contributed by atoms with E-state index in [1.165, 1.54) is 6.33 Å². The minimum atomic E-state index is 0.121. The van der Waals surface area contributed by atoms with Crippen LogP contribution in [0.3, 0.4) is 0 Å². The van der Waals surface area contributed by atoms with Crippen molar-refractivity contribution in [3.8, 4) is 0 Å². The van der Waals surface area contributed by atoms with E-state index in [0.29, 0.717) is 6.61 Å². The summed E-state index contributed by atoms with van der Waals surface area (Å²) in [6.45, 7) is 4.75. The molecule has 1 heterocycles. The molecule has 4 nitrogen and oxygen atoms in total. The van der Waals surface area contributed by atoms with Gasteiger partial charge in [-0.2, -0.15) is 0 Å². The number of likely N-dealkylation sites (N-methyl/N-ethyl adjacent to an activating group) is 1. The molecule has 4 heteroatoms. The molecule has 14 heavy (non-hydrogen) atoms. The monoisotopic (exact) mass is 195 g/mol. The van der Waals surface area contributed by atoms with Gasteiger partial charge in [0.05, 0.1) is 12.1 Å². The molecule has 0 bridgehead atoms. The molecule has 0 aliphatic heterocycles. The minimum Gasteiger partial charge on any atom is -0.377 e. The Kier molecular flexibility index (Phi) is 4.49. The van der Waals surface area contributed by atoms with Crippen LogP contribution in [-0.4, -0.2) is 29.7 Å². The molecule has 0 amide bonds. The number of nitrogens with one attached hydrogen (secondary N) is 1. The second-order valence-electron chi connectivity index (χ2n) is 3.10. The number of nitrogens with zero attached hydrogens (tertiary/aromatic N) is 2. The third-order valence-corrected chi connectivity index (χ3v) is 2.15. The lowest BCUT2D eigenvalue weighted by atomic mass is 10.1. The van der Waals surface area contributed by atoms with Crippen LogP contribution in [0.25, 0.3) is 0 Å². The first-order valence-electron chi connectivity index (χ1n) is 4.83. The first-order chi connectivity index (χ1) is 6.79. The molecule has 2 unspecified atom stereocenters. The predicted octanol–water partition coefficient (Wildman–Crippen LogP) is 1.16. The minimum absolute atomic E-state index is 0.121. The summed E-state index contributed by atoms with van der Waals surface area (Å²) in [6, 6.07) is 0.149. The van der Waals surface area contributed by atoms with E-state index in [0.717, 1.165) is 5.56 Å². The fourth-order valence-electron chi connectivity index (χ4n) is 1.50. The summed E-state index contributed by atoms with van der Waals surface area (Å²) in [5.74, 6) is 0. The number of hydrogen-bond acceptors (Lipinski definition) is 4. The second kappa shape index (κ2) is 5.67. The van der Waals surface area contributed by atoms with E-state index in [2.05, 4.69) is 15.3 Å². The molecule has 0 saturated carbocycles. The van der Waals surface area contributed by atoms with Crippen molar-refractivity contribution >= 4 is 0 Å².